The molecule has 1 aliphatic rings. The van der Waals surface area contributed by atoms with Crippen LogP contribution in [0.4, 0.5) is 0 Å². The first-order valence-corrected chi connectivity index (χ1v) is 14.2. The summed E-state index contributed by atoms with van der Waals surface area (Å²) in [5.74, 6) is 0.250. The lowest BCUT2D eigenvalue weighted by molar-refractivity contribution is -0.159. The van der Waals surface area contributed by atoms with E-state index >= 15 is 0 Å². The molecule has 36 heavy (non-hydrogen) atoms. The molecule has 1 aliphatic heterocycles. The number of carbonyl (C=O) groups is 1. The maximum Gasteiger partial charge on any atom is 0.325 e. The molecular formula is C24H32N2O8S2. The second-order valence-corrected chi connectivity index (χ2v) is 13.0. The van der Waals surface area contributed by atoms with E-state index in [1.807, 2.05) is 0 Å². The van der Waals surface area contributed by atoms with Gasteiger partial charge >= 0.3 is 5.97 Å². The summed E-state index contributed by atoms with van der Waals surface area (Å²) in [6, 6.07) is 10.5. The lowest BCUT2D eigenvalue weighted by Crippen LogP contribution is -2.47. The number of esters is 1. The largest absolute Gasteiger partial charge is 0.497 e. The Balaban J connectivity index is 1.97. The number of hydrogen-bond donors (Lipinski definition) is 0. The normalized spacial score (nSPS) is 18.3. The highest BCUT2D eigenvalue weighted by molar-refractivity contribution is 7.89. The fourth-order valence-corrected chi connectivity index (χ4v) is 6.85. The van der Waals surface area contributed by atoms with Crippen molar-refractivity contribution in [3.05, 3.63) is 48.5 Å². The Kier molecular flexibility index (Phi) is 8.33. The van der Waals surface area contributed by atoms with Crippen molar-refractivity contribution in [1.82, 2.24) is 8.61 Å². The molecule has 0 N–H and O–H groups in total. The molecular weight excluding hydrogens is 508 g/mol. The highest BCUT2D eigenvalue weighted by Crippen LogP contribution is 2.28. The molecule has 198 valence electrons. The number of ether oxygens (including phenoxy) is 3. The third kappa shape index (κ3) is 6.17. The van der Waals surface area contributed by atoms with Gasteiger partial charge in [0, 0.05) is 19.6 Å². The van der Waals surface area contributed by atoms with Crippen LogP contribution in [0.1, 0.15) is 27.2 Å². The predicted octanol–water partition coefficient (Wildman–Crippen LogP) is 2.50. The van der Waals surface area contributed by atoms with Crippen molar-refractivity contribution < 1.29 is 35.8 Å². The molecule has 0 aromatic heterocycles. The molecule has 2 aromatic carbocycles. The van der Waals surface area contributed by atoms with Gasteiger partial charge in [-0.1, -0.05) is 0 Å². The average molecular weight is 541 g/mol. The Morgan fingerprint density at radius 3 is 1.69 bits per heavy atom. The monoisotopic (exact) mass is 540 g/mol. The van der Waals surface area contributed by atoms with Crippen molar-refractivity contribution in [1.29, 1.82) is 0 Å². The predicted molar refractivity (Wildman–Crippen MR) is 133 cm³/mol. The summed E-state index contributed by atoms with van der Waals surface area (Å²) in [5.41, 5.74) is -0.853. The molecule has 1 atom stereocenters. The van der Waals surface area contributed by atoms with E-state index in [2.05, 4.69) is 0 Å². The van der Waals surface area contributed by atoms with Gasteiger partial charge in [-0.2, -0.15) is 8.61 Å². The second kappa shape index (κ2) is 10.8. The lowest BCUT2D eigenvalue weighted by atomic mass is 10.1. The number of nitrogens with zero attached hydrogens (tertiary/aromatic N) is 2. The number of carbonyl (C=O) groups excluding carboxylic acids is 1. The minimum atomic E-state index is -4.16. The van der Waals surface area contributed by atoms with Crippen LogP contribution in [0.3, 0.4) is 0 Å². The second-order valence-electron chi connectivity index (χ2n) is 9.21. The van der Waals surface area contributed by atoms with Crippen LogP contribution in [0.5, 0.6) is 11.5 Å². The molecule has 0 radical (unpaired) electrons. The van der Waals surface area contributed by atoms with E-state index in [1.54, 1.807) is 20.8 Å². The van der Waals surface area contributed by atoms with E-state index in [0.29, 0.717) is 11.5 Å². The van der Waals surface area contributed by atoms with Gasteiger partial charge in [0.25, 0.3) is 0 Å². The molecule has 0 aliphatic carbocycles. The molecule has 0 amide bonds. The first-order chi connectivity index (χ1) is 16.8. The van der Waals surface area contributed by atoms with E-state index < -0.39 is 37.7 Å². The molecule has 0 bridgehead atoms. The van der Waals surface area contributed by atoms with Gasteiger partial charge in [-0.25, -0.2) is 16.8 Å². The molecule has 0 spiro atoms. The van der Waals surface area contributed by atoms with Crippen LogP contribution in [0, 0.1) is 0 Å². The van der Waals surface area contributed by atoms with Crippen molar-refractivity contribution >= 4 is 26.0 Å². The Hall–Kier alpha value is -2.67. The van der Waals surface area contributed by atoms with Crippen molar-refractivity contribution in [3.8, 4) is 11.5 Å². The van der Waals surface area contributed by atoms with Gasteiger partial charge in [-0.15, -0.1) is 0 Å². The third-order valence-corrected chi connectivity index (χ3v) is 9.45. The summed E-state index contributed by atoms with van der Waals surface area (Å²) in [4.78, 5) is 13.1. The van der Waals surface area contributed by atoms with Crippen LogP contribution >= 0.6 is 0 Å². The first kappa shape index (κ1) is 27.9. The van der Waals surface area contributed by atoms with Crippen molar-refractivity contribution in [2.45, 2.75) is 48.6 Å². The summed E-state index contributed by atoms with van der Waals surface area (Å²) in [6.07, 6.45) is -0.0698. The molecule has 1 fully saturated rings. The molecule has 12 heteroatoms. The summed E-state index contributed by atoms with van der Waals surface area (Å²) < 4.78 is 71.8. The quantitative estimate of drug-likeness (QED) is 0.492. The number of hydrogen-bond acceptors (Lipinski definition) is 8. The highest BCUT2D eigenvalue weighted by atomic mass is 32.2. The SMILES string of the molecule is COc1ccc(S(=O)(=O)N2CCC(C(=O)OC(C)(C)C)N(S(=O)(=O)c3ccc(OC)cc3)CC2)cc1. The molecule has 1 saturated heterocycles. The average Bonchev–Trinajstić information content (AvgIpc) is 3.07. The van der Waals surface area contributed by atoms with Crippen LogP contribution in [0.15, 0.2) is 58.3 Å². The fourth-order valence-electron chi connectivity index (χ4n) is 3.80. The zero-order valence-electron chi connectivity index (χ0n) is 21.0. The molecule has 1 heterocycles. The van der Waals surface area contributed by atoms with Crippen LogP contribution in [0.25, 0.3) is 0 Å². The van der Waals surface area contributed by atoms with Gasteiger partial charge in [0.1, 0.15) is 23.1 Å². The Bertz CT molecular complexity index is 1270. The molecule has 2 aromatic rings. The smallest absolute Gasteiger partial charge is 0.325 e. The zero-order valence-corrected chi connectivity index (χ0v) is 22.6. The fraction of sp³-hybridized carbons (Fsp3) is 0.458. The summed E-state index contributed by atoms with van der Waals surface area (Å²) in [6.45, 7) is 4.63. The third-order valence-electron chi connectivity index (χ3n) is 5.61. The molecule has 3 rings (SSSR count). The van der Waals surface area contributed by atoms with Gasteiger partial charge in [-0.3, -0.25) is 4.79 Å². The number of benzene rings is 2. The van der Waals surface area contributed by atoms with Gasteiger partial charge in [-0.05, 0) is 75.7 Å². The molecule has 1 unspecified atom stereocenters. The highest BCUT2D eigenvalue weighted by Gasteiger charge is 2.42. The minimum Gasteiger partial charge on any atom is -0.497 e. The van der Waals surface area contributed by atoms with E-state index in [9.17, 15) is 21.6 Å². The number of methoxy groups -OCH3 is 2. The first-order valence-electron chi connectivity index (χ1n) is 11.3. The minimum absolute atomic E-state index is 0.0386. The number of sulfonamides is 2. The molecule has 10 nitrogen and oxygen atoms in total. The van der Waals surface area contributed by atoms with Crippen molar-refractivity contribution in [2.75, 3.05) is 33.9 Å². The summed E-state index contributed by atoms with van der Waals surface area (Å²) in [7, 11) is -5.17. The Morgan fingerprint density at radius 2 is 1.25 bits per heavy atom. The van der Waals surface area contributed by atoms with Gasteiger partial charge in [0.15, 0.2) is 0 Å². The Labute approximate surface area is 212 Å². The van der Waals surface area contributed by atoms with Gasteiger partial charge in [0.05, 0.1) is 24.0 Å². The summed E-state index contributed by atoms with van der Waals surface area (Å²) in [5, 5.41) is 0. The standard InChI is InChI=1S/C24H32N2O8S2/c1-24(2,3)34-23(27)22-14-15-25(35(28,29)20-10-6-18(32-4)7-11-20)16-17-26(22)36(30,31)21-12-8-19(33-5)9-13-21/h6-13,22H,14-17H2,1-5H3. The van der Waals surface area contributed by atoms with Crippen LogP contribution in [-0.2, 0) is 29.6 Å². The van der Waals surface area contributed by atoms with E-state index in [1.165, 1.54) is 67.1 Å². The number of rotatable bonds is 7. The van der Waals surface area contributed by atoms with Crippen LogP contribution in [-0.4, -0.2) is 76.9 Å². The van der Waals surface area contributed by atoms with Gasteiger partial charge < -0.3 is 14.2 Å². The van der Waals surface area contributed by atoms with Crippen LogP contribution < -0.4 is 9.47 Å². The summed E-state index contributed by atoms with van der Waals surface area (Å²) >= 11 is 0. The van der Waals surface area contributed by atoms with Crippen LogP contribution in [0.2, 0.25) is 0 Å². The van der Waals surface area contributed by atoms with E-state index in [-0.39, 0.29) is 35.8 Å². The van der Waals surface area contributed by atoms with Crippen molar-refractivity contribution in [3.63, 3.8) is 0 Å². The molecule has 0 saturated carbocycles. The van der Waals surface area contributed by atoms with E-state index in [4.69, 9.17) is 14.2 Å². The van der Waals surface area contributed by atoms with Crippen molar-refractivity contribution in [2.24, 2.45) is 0 Å². The lowest BCUT2D eigenvalue weighted by Gasteiger charge is -2.30. The Morgan fingerprint density at radius 1 is 0.778 bits per heavy atom. The van der Waals surface area contributed by atoms with Gasteiger partial charge in [0.2, 0.25) is 20.0 Å². The van der Waals surface area contributed by atoms with E-state index in [0.717, 1.165) is 4.31 Å². The maximum atomic E-state index is 13.6. The topological polar surface area (TPSA) is 120 Å². The zero-order chi connectivity index (χ0) is 26.7. The maximum absolute atomic E-state index is 13.6.